The predicted molar refractivity (Wildman–Crippen MR) is 247 cm³/mol. The molecule has 0 atom stereocenters. The largest absolute Gasteiger partial charge is 0.309 e. The van der Waals surface area contributed by atoms with Crippen LogP contribution in [0, 0.1) is 27.7 Å². The number of benzene rings is 9. The van der Waals surface area contributed by atoms with E-state index in [1.165, 1.54) is 82.6 Å². The molecule has 0 heterocycles. The summed E-state index contributed by atoms with van der Waals surface area (Å²) in [4.78, 5) is 4.97. The number of aryl methyl sites for hydroxylation is 4. The fraction of sp³-hybridized carbons (Fsp3) is 0.127. The highest BCUT2D eigenvalue weighted by Crippen LogP contribution is 2.52. The molecule has 9 aromatic carbocycles. The first-order chi connectivity index (χ1) is 27.7. The Hall–Kier alpha value is -6.64. The Labute approximate surface area is 337 Å². The van der Waals surface area contributed by atoms with Gasteiger partial charge in [0.15, 0.2) is 0 Å². The van der Waals surface area contributed by atoms with Gasteiger partial charge in [0.1, 0.15) is 0 Å². The summed E-state index contributed by atoms with van der Waals surface area (Å²) >= 11 is 0. The molecule has 9 aromatic rings. The molecule has 2 heteroatoms. The summed E-state index contributed by atoms with van der Waals surface area (Å²) in [6.07, 6.45) is 0. The Morgan fingerprint density at radius 2 is 0.772 bits per heavy atom. The van der Waals surface area contributed by atoms with Crippen molar-refractivity contribution < 1.29 is 0 Å². The topological polar surface area (TPSA) is 6.48 Å². The number of anilines is 6. The molecule has 0 aliphatic heterocycles. The second-order valence-electron chi connectivity index (χ2n) is 16.0. The van der Waals surface area contributed by atoms with Gasteiger partial charge in [-0.25, -0.2) is 0 Å². The average Bonchev–Trinajstić information content (AvgIpc) is 3.23. The predicted octanol–water partition coefficient (Wildman–Crippen LogP) is 16.1. The van der Waals surface area contributed by atoms with E-state index in [4.69, 9.17) is 0 Å². The van der Waals surface area contributed by atoms with E-state index in [-0.39, 0.29) is 0 Å². The molecule has 0 radical (unpaired) electrons. The molecule has 0 aliphatic carbocycles. The molecule has 278 valence electrons. The summed E-state index contributed by atoms with van der Waals surface area (Å²) in [7, 11) is 0. The van der Waals surface area contributed by atoms with Crippen molar-refractivity contribution in [2.45, 2.75) is 47.5 Å². The van der Waals surface area contributed by atoms with Gasteiger partial charge in [0.25, 0.3) is 0 Å². The standard InChI is InChI=1S/C55H48N2/c1-36(2)42-22-32-50-52(34-42)54(56(44-24-14-37(3)15-25-44)45-26-16-38(4)17-27-45)51-33-23-43(49-13-9-11-41-10-7-8-12-48(41)49)35-53(51)55(50)57(46-28-18-39(5)19-29-46)47-30-20-40(6)21-31-47/h7-36H,1-6H3. The molecule has 0 aromatic heterocycles. The zero-order valence-corrected chi connectivity index (χ0v) is 33.7. The van der Waals surface area contributed by atoms with Crippen molar-refractivity contribution in [3.63, 3.8) is 0 Å². The minimum absolute atomic E-state index is 0.354. The second-order valence-corrected chi connectivity index (χ2v) is 16.0. The van der Waals surface area contributed by atoms with Crippen molar-refractivity contribution >= 4 is 66.4 Å². The Balaban J connectivity index is 1.48. The van der Waals surface area contributed by atoms with Crippen LogP contribution in [0.5, 0.6) is 0 Å². The number of hydrogen-bond acceptors (Lipinski definition) is 2. The van der Waals surface area contributed by atoms with Gasteiger partial charge < -0.3 is 9.80 Å². The minimum Gasteiger partial charge on any atom is -0.309 e. The number of hydrogen-bond donors (Lipinski definition) is 0. The maximum Gasteiger partial charge on any atom is 0.0620 e. The summed E-state index contributed by atoms with van der Waals surface area (Å²) in [5.41, 5.74) is 15.5. The molecule has 57 heavy (non-hydrogen) atoms. The van der Waals surface area contributed by atoms with Gasteiger partial charge in [0, 0.05) is 44.3 Å². The van der Waals surface area contributed by atoms with Crippen molar-refractivity contribution in [1.29, 1.82) is 0 Å². The van der Waals surface area contributed by atoms with E-state index in [1.807, 2.05) is 0 Å². The average molecular weight is 737 g/mol. The zero-order chi connectivity index (χ0) is 39.2. The monoisotopic (exact) mass is 736 g/mol. The van der Waals surface area contributed by atoms with Crippen LogP contribution >= 0.6 is 0 Å². The molecule has 0 spiro atoms. The first kappa shape index (κ1) is 36.0. The van der Waals surface area contributed by atoms with Crippen LogP contribution in [0.1, 0.15) is 47.6 Å². The summed E-state index contributed by atoms with van der Waals surface area (Å²) in [5.74, 6) is 0.354. The molecule has 0 N–H and O–H groups in total. The molecule has 0 amide bonds. The highest BCUT2D eigenvalue weighted by atomic mass is 15.2. The molecule has 0 saturated carbocycles. The van der Waals surface area contributed by atoms with Gasteiger partial charge >= 0.3 is 0 Å². The third-order valence-corrected chi connectivity index (χ3v) is 11.5. The third-order valence-electron chi connectivity index (χ3n) is 11.5. The smallest absolute Gasteiger partial charge is 0.0620 e. The Bertz CT molecular complexity index is 2790. The van der Waals surface area contributed by atoms with E-state index in [2.05, 4.69) is 227 Å². The van der Waals surface area contributed by atoms with Gasteiger partial charge in [0.05, 0.1) is 11.4 Å². The molecular formula is C55H48N2. The van der Waals surface area contributed by atoms with Gasteiger partial charge in [-0.15, -0.1) is 0 Å². The normalized spacial score (nSPS) is 11.5. The molecule has 0 unspecified atom stereocenters. The lowest BCUT2D eigenvalue weighted by Crippen LogP contribution is -2.15. The second kappa shape index (κ2) is 14.8. The third kappa shape index (κ3) is 6.72. The Morgan fingerprint density at radius 3 is 1.25 bits per heavy atom. The SMILES string of the molecule is Cc1ccc(N(c2ccc(C)cc2)c2c3ccc(C(C)C)cc3c(N(c3ccc(C)cc3)c3ccc(C)cc3)c3ccc(-c4cccc5ccccc45)cc23)cc1. The van der Waals surface area contributed by atoms with Crippen molar-refractivity contribution in [3.8, 4) is 11.1 Å². The minimum atomic E-state index is 0.354. The molecule has 0 bridgehead atoms. The van der Waals surface area contributed by atoms with Gasteiger partial charge in [-0.3, -0.25) is 0 Å². The van der Waals surface area contributed by atoms with Gasteiger partial charge in [-0.2, -0.15) is 0 Å². The highest BCUT2D eigenvalue weighted by Gasteiger charge is 2.26. The summed E-state index contributed by atoms with van der Waals surface area (Å²) in [6, 6.07) is 65.7. The first-order valence-corrected chi connectivity index (χ1v) is 20.1. The van der Waals surface area contributed by atoms with Crippen molar-refractivity contribution in [3.05, 3.63) is 204 Å². The van der Waals surface area contributed by atoms with Crippen LogP contribution in [-0.4, -0.2) is 0 Å². The maximum atomic E-state index is 2.48. The van der Waals surface area contributed by atoms with Crippen LogP contribution in [0.25, 0.3) is 43.4 Å². The fourth-order valence-electron chi connectivity index (χ4n) is 8.28. The van der Waals surface area contributed by atoms with E-state index in [0.717, 1.165) is 22.7 Å². The highest BCUT2D eigenvalue weighted by molar-refractivity contribution is 6.24. The summed E-state index contributed by atoms with van der Waals surface area (Å²) in [6.45, 7) is 13.2. The maximum absolute atomic E-state index is 2.48. The molecule has 0 aliphatic rings. The Kier molecular flexibility index (Phi) is 9.34. The quantitative estimate of drug-likeness (QED) is 0.113. The lowest BCUT2D eigenvalue weighted by Gasteiger charge is -2.33. The summed E-state index contributed by atoms with van der Waals surface area (Å²) < 4.78 is 0. The van der Waals surface area contributed by atoms with Gasteiger partial charge in [0.2, 0.25) is 0 Å². The van der Waals surface area contributed by atoms with Crippen molar-refractivity contribution in [2.75, 3.05) is 9.80 Å². The van der Waals surface area contributed by atoms with Gasteiger partial charge in [-0.05, 0) is 122 Å². The van der Waals surface area contributed by atoms with Crippen LogP contribution in [0.2, 0.25) is 0 Å². The van der Waals surface area contributed by atoms with Crippen molar-refractivity contribution in [1.82, 2.24) is 0 Å². The molecule has 2 nitrogen and oxygen atoms in total. The first-order valence-electron chi connectivity index (χ1n) is 20.1. The van der Waals surface area contributed by atoms with Gasteiger partial charge in [-0.1, -0.05) is 151 Å². The van der Waals surface area contributed by atoms with Crippen LogP contribution in [0.15, 0.2) is 176 Å². The molecule has 0 saturated heterocycles. The number of fused-ring (bicyclic) bond motifs is 3. The van der Waals surface area contributed by atoms with E-state index in [1.54, 1.807) is 0 Å². The van der Waals surface area contributed by atoms with E-state index in [9.17, 15) is 0 Å². The lowest BCUT2D eigenvalue weighted by atomic mass is 9.89. The molecular weight excluding hydrogens is 689 g/mol. The summed E-state index contributed by atoms with van der Waals surface area (Å²) in [5, 5.41) is 7.27. The van der Waals surface area contributed by atoms with Crippen LogP contribution in [0.3, 0.4) is 0 Å². The number of rotatable bonds is 8. The van der Waals surface area contributed by atoms with Crippen LogP contribution < -0.4 is 9.80 Å². The number of nitrogens with zero attached hydrogens (tertiary/aromatic N) is 2. The van der Waals surface area contributed by atoms with E-state index in [0.29, 0.717) is 5.92 Å². The van der Waals surface area contributed by atoms with Crippen LogP contribution in [-0.2, 0) is 0 Å². The zero-order valence-electron chi connectivity index (χ0n) is 33.7. The van der Waals surface area contributed by atoms with E-state index >= 15 is 0 Å². The van der Waals surface area contributed by atoms with E-state index < -0.39 is 0 Å². The van der Waals surface area contributed by atoms with Crippen LogP contribution in [0.4, 0.5) is 34.1 Å². The Morgan fingerprint density at radius 1 is 0.351 bits per heavy atom. The molecule has 0 fully saturated rings. The fourth-order valence-corrected chi connectivity index (χ4v) is 8.28. The molecule has 9 rings (SSSR count). The van der Waals surface area contributed by atoms with Crippen molar-refractivity contribution in [2.24, 2.45) is 0 Å². The lowest BCUT2D eigenvalue weighted by molar-refractivity contribution is 0.869.